The Balaban J connectivity index is -0.0000000309. The third-order valence-electron chi connectivity index (χ3n) is 4.74. The molecule has 12 N–H and O–H groups in total. The molecular formula is C36H50Mo6N20O16. The fourth-order valence-electron chi connectivity index (χ4n) is 2.15. The van der Waals surface area contributed by atoms with Crippen LogP contribution in [0.3, 0.4) is 0 Å². The van der Waals surface area contributed by atoms with Crippen LogP contribution in [-0.2, 0) is 191 Å². The summed E-state index contributed by atoms with van der Waals surface area (Å²) in [4.78, 5) is 82.8. The van der Waals surface area contributed by atoms with Crippen LogP contribution >= 0.6 is 0 Å². The minimum absolute atomic E-state index is 0. The molecule has 0 saturated carbocycles. The molecule has 78 heavy (non-hydrogen) atoms. The fraction of sp³-hybridized carbons (Fsp3) is 0.111. The predicted octanol–water partition coefficient (Wildman–Crippen LogP) is -0.872. The molecule has 0 fully saturated rings. The molecule has 10 aromatic heterocycles. The van der Waals surface area contributed by atoms with Crippen molar-refractivity contribution in [3.63, 3.8) is 0 Å². The number of aromatic amines is 10. The summed E-state index contributed by atoms with van der Waals surface area (Å²) in [5.74, 6) is -2.87. The summed E-state index contributed by atoms with van der Waals surface area (Å²) in [5, 5.41) is 34.6. The van der Waals surface area contributed by atoms with Gasteiger partial charge in [-0.3, -0.25) is 0 Å². The van der Waals surface area contributed by atoms with Gasteiger partial charge in [-0.1, -0.05) is 0 Å². The summed E-state index contributed by atoms with van der Waals surface area (Å²) in [5.41, 5.74) is 0. The number of carbonyl (C=O) groups is 2. The van der Waals surface area contributed by atoms with Gasteiger partial charge in [-0.25, -0.2) is 49.8 Å². The third kappa shape index (κ3) is 124. The maximum atomic E-state index is 9.34. The molecule has 0 spiro atoms. The summed E-state index contributed by atoms with van der Waals surface area (Å²) in [6.07, 6.45) is 48.1. The summed E-state index contributed by atoms with van der Waals surface area (Å²) in [6.45, 7) is 2.27. The van der Waals surface area contributed by atoms with Crippen LogP contribution in [0.2, 0.25) is 0 Å². The molecule has 36 nitrogen and oxygen atoms in total. The van der Waals surface area contributed by atoms with Crippen molar-refractivity contribution >= 4 is 11.9 Å². The van der Waals surface area contributed by atoms with Crippen LogP contribution in [0.5, 0.6) is 0 Å². The number of aliphatic hydroxyl groups excluding tert-OH is 2. The molecule has 426 valence electrons. The van der Waals surface area contributed by atoms with Crippen molar-refractivity contribution < 1.29 is 211 Å². The topological polar surface area (TPSA) is 693 Å². The van der Waals surface area contributed by atoms with Gasteiger partial charge in [0.2, 0.25) is 0 Å². The number of carboxylic acid groups (broad SMARTS) is 2. The van der Waals surface area contributed by atoms with E-state index in [2.05, 4.69) is 99.7 Å². The molecule has 2 atom stereocenters. The second-order valence-electron chi connectivity index (χ2n) is 9.60. The van der Waals surface area contributed by atoms with E-state index in [4.69, 9.17) is 10.2 Å². The normalized spacial score (nSPS) is 7.23. The number of H-pyrrole nitrogens is 10. The Kier molecular flexibility index (Phi) is 179. The van der Waals surface area contributed by atoms with Gasteiger partial charge in [-0.15, -0.1) is 0 Å². The molecule has 0 aromatic carbocycles. The molecule has 10 aromatic rings. The largest absolute Gasteiger partial charge is 4.00 e. The molecular weight excluding hydrogens is 1540 g/mol. The van der Waals surface area contributed by atoms with Gasteiger partial charge >= 0.3 is 126 Å². The minimum atomic E-state index is -1.44. The Morgan fingerprint density at radius 3 is 0.385 bits per heavy atom. The fourth-order valence-corrected chi connectivity index (χ4v) is 2.15. The summed E-state index contributed by atoms with van der Waals surface area (Å²) in [6, 6.07) is 0. The standard InChI is InChI=1S/10C3H4N2.2C3H6O3.6Mo.10O/c10*1-2-5-3-4-1;2*1-2(4)3(5)6;;;;;;;;;;;;;;;;/h10*1-3H,(H,4,5);2*2,4H,1H3,(H,5,6);;;;;;;;;;;;;;;;/q;;;;;;;;;;;;2*+3;4*+4;10*-2/p-2/t;;;;;;;;;;2*2-;;;;;;;;;;;;;;;;/m..........10................/s1. The van der Waals surface area contributed by atoms with Gasteiger partial charge in [-0.05, 0) is 13.8 Å². The monoisotopic (exact) mass is 1610 g/mol. The number of nitrogens with zero attached hydrogens (tertiary/aromatic N) is 10. The number of rotatable bonds is 2. The average molecular weight is 1590 g/mol. The number of aliphatic carboxylic acids is 2. The van der Waals surface area contributed by atoms with Crippen LogP contribution in [0.4, 0.5) is 0 Å². The first-order chi connectivity index (χ1) is 30.3. The van der Waals surface area contributed by atoms with E-state index >= 15 is 0 Å². The summed E-state index contributed by atoms with van der Waals surface area (Å²) < 4.78 is 0. The maximum absolute atomic E-state index is 9.34. The number of hydrogen-bond donors (Lipinski definition) is 12. The van der Waals surface area contributed by atoms with Crippen LogP contribution in [0.25, 0.3) is 0 Å². The van der Waals surface area contributed by atoms with E-state index in [1.165, 1.54) is 0 Å². The second-order valence-corrected chi connectivity index (χ2v) is 9.60. The van der Waals surface area contributed by atoms with Gasteiger partial charge in [0.05, 0.1) is 87.4 Å². The first-order valence-electron chi connectivity index (χ1n) is 17.3. The van der Waals surface area contributed by atoms with Crippen molar-refractivity contribution in [2.45, 2.75) is 26.1 Å². The molecule has 0 saturated heterocycles. The molecule has 10 rings (SSSR count). The number of aliphatic hydroxyl groups is 2. The number of carbonyl (C=O) groups excluding carboxylic acids is 2. The molecule has 10 heterocycles. The average Bonchev–Trinajstić information content (AvgIpc) is 4.18. The van der Waals surface area contributed by atoms with E-state index in [-0.39, 0.29) is 181 Å². The van der Waals surface area contributed by atoms with Crippen LogP contribution in [0, 0.1) is 0 Å². The third-order valence-corrected chi connectivity index (χ3v) is 4.74. The Bertz CT molecular complexity index is 1420. The van der Waals surface area contributed by atoms with Crippen LogP contribution in [-0.4, -0.2) is 134 Å². The molecule has 0 bridgehead atoms. The Labute approximate surface area is 531 Å². The number of hydrogen-bond acceptors (Lipinski definition) is 16. The number of carboxylic acids is 2. The van der Waals surface area contributed by atoms with E-state index in [1.807, 2.05) is 0 Å². The summed E-state index contributed by atoms with van der Waals surface area (Å²) in [7, 11) is 0. The quantitative estimate of drug-likeness (QED) is 0.0936. The van der Waals surface area contributed by atoms with Gasteiger partial charge in [0.15, 0.2) is 0 Å². The van der Waals surface area contributed by atoms with Gasteiger partial charge in [0.1, 0.15) is 0 Å². The Morgan fingerprint density at radius 1 is 0.295 bits per heavy atom. The van der Waals surface area contributed by atoms with Crippen molar-refractivity contribution in [1.82, 2.24) is 99.7 Å². The first kappa shape index (κ1) is 125. The molecule has 42 heteroatoms. The smallest absolute Gasteiger partial charge is 2.00 e. The van der Waals surface area contributed by atoms with Crippen molar-refractivity contribution in [2.75, 3.05) is 0 Å². The molecule has 0 aliphatic rings. The van der Waals surface area contributed by atoms with E-state index in [0.717, 1.165) is 13.8 Å². The molecule has 0 aliphatic carbocycles. The van der Waals surface area contributed by atoms with Crippen LogP contribution < -0.4 is 10.2 Å². The zero-order valence-electron chi connectivity index (χ0n) is 40.0. The van der Waals surface area contributed by atoms with E-state index < -0.39 is 24.1 Å². The Hall–Kier alpha value is -5.31. The van der Waals surface area contributed by atoms with Crippen molar-refractivity contribution in [3.8, 4) is 0 Å². The number of imidazole rings is 10. The van der Waals surface area contributed by atoms with Crippen LogP contribution in [0.1, 0.15) is 13.8 Å². The van der Waals surface area contributed by atoms with Crippen molar-refractivity contribution in [2.24, 2.45) is 0 Å². The Morgan fingerprint density at radius 2 is 0.372 bits per heavy atom. The number of aromatic nitrogens is 20. The van der Waals surface area contributed by atoms with Gasteiger partial charge in [-0.2, -0.15) is 0 Å². The molecule has 0 amide bonds. The van der Waals surface area contributed by atoms with E-state index in [0.29, 0.717) is 0 Å². The number of nitrogens with one attached hydrogen (secondary N) is 10. The van der Waals surface area contributed by atoms with Crippen molar-refractivity contribution in [3.05, 3.63) is 187 Å². The SMILES string of the molecule is C[C@@H](O)C(=O)[O-].C[C@H](O)C(=O)[O-].[Mo+3].[Mo+3].[Mo+4].[Mo+4].[Mo+4].[Mo+4].[O-2].[O-2].[O-2].[O-2].[O-2].[O-2].[O-2].[O-2].[O-2].[O-2].c1c[nH]cn1.c1c[nH]cn1.c1c[nH]cn1.c1c[nH]cn1.c1c[nH]cn1.c1c[nH]cn1.c1c[nH]cn1.c1c[nH]cn1.c1c[nH]cn1.c1c[nH]cn1. The van der Waals surface area contributed by atoms with Crippen LogP contribution in [0.15, 0.2) is 187 Å². The maximum Gasteiger partial charge on any atom is 4.00 e. The zero-order chi connectivity index (χ0) is 45.7. The zero-order valence-corrected chi connectivity index (χ0v) is 52.0. The molecule has 2 radical (unpaired) electrons. The molecule has 0 aliphatic heterocycles. The van der Waals surface area contributed by atoms with Gasteiger partial charge in [0, 0.05) is 124 Å². The van der Waals surface area contributed by atoms with Gasteiger partial charge in [0.25, 0.3) is 0 Å². The first-order valence-corrected chi connectivity index (χ1v) is 17.3. The van der Waals surface area contributed by atoms with E-state index in [1.54, 1.807) is 187 Å². The van der Waals surface area contributed by atoms with Crippen molar-refractivity contribution in [1.29, 1.82) is 0 Å². The second kappa shape index (κ2) is 111. The summed E-state index contributed by atoms with van der Waals surface area (Å²) >= 11 is 0. The minimum Gasteiger partial charge on any atom is -2.00 e. The van der Waals surface area contributed by atoms with Gasteiger partial charge < -0.3 is 135 Å². The molecule has 0 unspecified atom stereocenters. The van der Waals surface area contributed by atoms with E-state index in [9.17, 15) is 19.8 Å². The predicted molar refractivity (Wildman–Crippen MR) is 226 cm³/mol.